The van der Waals surface area contributed by atoms with Crippen LogP contribution in [0, 0.1) is 0 Å². The Morgan fingerprint density at radius 3 is 2.75 bits per heavy atom. The lowest BCUT2D eigenvalue weighted by Crippen LogP contribution is -2.23. The molecule has 4 rings (SSSR count). The van der Waals surface area contributed by atoms with E-state index in [1.165, 1.54) is 5.56 Å². The third-order valence-electron chi connectivity index (χ3n) is 4.35. The average molecular weight is 388 g/mol. The highest BCUT2D eigenvalue weighted by molar-refractivity contribution is 7.18. The van der Waals surface area contributed by atoms with Crippen LogP contribution in [0.15, 0.2) is 73.1 Å². The maximum Gasteiger partial charge on any atom is 0.246 e. The molecule has 0 atom stereocenters. The summed E-state index contributed by atoms with van der Waals surface area (Å²) in [7, 11) is 1.79. The molecule has 1 amide bonds. The molecule has 0 saturated carbocycles. The molecule has 4 aromatic rings. The highest BCUT2D eigenvalue weighted by Gasteiger charge is 2.10. The predicted molar refractivity (Wildman–Crippen MR) is 113 cm³/mol. The van der Waals surface area contributed by atoms with Gasteiger partial charge in [-0.3, -0.25) is 9.48 Å². The first-order valence-electron chi connectivity index (χ1n) is 9.01. The van der Waals surface area contributed by atoms with Crippen molar-refractivity contribution in [3.05, 3.63) is 89.2 Å². The summed E-state index contributed by atoms with van der Waals surface area (Å²) in [6.45, 7) is 1.20. The Morgan fingerprint density at radius 2 is 1.93 bits per heavy atom. The molecule has 140 valence electrons. The van der Waals surface area contributed by atoms with E-state index in [9.17, 15) is 4.79 Å². The molecule has 2 aromatic heterocycles. The second-order valence-corrected chi connectivity index (χ2v) is 7.68. The van der Waals surface area contributed by atoms with E-state index in [2.05, 4.69) is 22.2 Å². The number of para-hydroxylation sites is 1. The summed E-state index contributed by atoms with van der Waals surface area (Å²) in [5.74, 6) is -0.0601. The lowest BCUT2D eigenvalue weighted by molar-refractivity contribution is -0.125. The number of carbonyl (C=O) groups is 1. The fourth-order valence-electron chi connectivity index (χ4n) is 2.89. The van der Waals surface area contributed by atoms with Gasteiger partial charge in [0.15, 0.2) is 0 Å². The molecule has 6 heteroatoms. The summed E-state index contributed by atoms with van der Waals surface area (Å²) in [6, 6.07) is 18.2. The normalized spacial score (nSPS) is 11.3. The zero-order valence-corrected chi connectivity index (χ0v) is 16.3. The van der Waals surface area contributed by atoms with Gasteiger partial charge in [-0.05, 0) is 23.8 Å². The van der Waals surface area contributed by atoms with Crippen LogP contribution in [0.25, 0.3) is 16.3 Å². The Bertz CT molecular complexity index is 1080. The molecule has 28 heavy (non-hydrogen) atoms. The van der Waals surface area contributed by atoms with Gasteiger partial charge in [-0.1, -0.05) is 42.5 Å². The third kappa shape index (κ3) is 4.35. The fourth-order valence-corrected chi connectivity index (χ4v) is 3.91. The minimum atomic E-state index is -0.0601. The zero-order chi connectivity index (χ0) is 19.3. The van der Waals surface area contributed by atoms with Crippen LogP contribution in [0.2, 0.25) is 0 Å². The summed E-state index contributed by atoms with van der Waals surface area (Å²) in [4.78, 5) is 18.7. The quantitative estimate of drug-likeness (QED) is 0.465. The Kier molecular flexibility index (Phi) is 5.30. The van der Waals surface area contributed by atoms with E-state index >= 15 is 0 Å². The lowest BCUT2D eigenvalue weighted by Gasteiger charge is -2.12. The van der Waals surface area contributed by atoms with Crippen LogP contribution < -0.4 is 0 Å². The Morgan fingerprint density at radius 1 is 1.14 bits per heavy atom. The van der Waals surface area contributed by atoms with Crippen molar-refractivity contribution in [2.75, 3.05) is 7.05 Å². The van der Waals surface area contributed by atoms with E-state index in [1.807, 2.05) is 53.3 Å². The molecule has 0 fully saturated rings. The van der Waals surface area contributed by atoms with Gasteiger partial charge in [0.25, 0.3) is 0 Å². The number of hydrogen-bond donors (Lipinski definition) is 0. The van der Waals surface area contributed by atoms with Crippen LogP contribution in [-0.4, -0.2) is 32.6 Å². The van der Waals surface area contributed by atoms with Crippen molar-refractivity contribution >= 4 is 33.5 Å². The molecular formula is C22H20N4OS. The van der Waals surface area contributed by atoms with Crippen LogP contribution in [-0.2, 0) is 17.9 Å². The summed E-state index contributed by atoms with van der Waals surface area (Å²) < 4.78 is 3.00. The van der Waals surface area contributed by atoms with E-state index in [1.54, 1.807) is 41.6 Å². The number of benzene rings is 2. The number of amides is 1. The minimum absolute atomic E-state index is 0.0601. The van der Waals surface area contributed by atoms with Gasteiger partial charge in [-0.2, -0.15) is 5.10 Å². The van der Waals surface area contributed by atoms with Gasteiger partial charge in [-0.15, -0.1) is 11.3 Å². The van der Waals surface area contributed by atoms with E-state index in [-0.39, 0.29) is 5.91 Å². The first kappa shape index (κ1) is 18.1. The van der Waals surface area contributed by atoms with Crippen molar-refractivity contribution in [2.24, 2.45) is 0 Å². The molecule has 0 aliphatic heterocycles. The van der Waals surface area contributed by atoms with Gasteiger partial charge in [0.1, 0.15) is 5.01 Å². The average Bonchev–Trinajstić information content (AvgIpc) is 3.32. The Balaban J connectivity index is 1.36. The van der Waals surface area contributed by atoms with E-state index in [0.29, 0.717) is 13.1 Å². The van der Waals surface area contributed by atoms with Gasteiger partial charge < -0.3 is 4.90 Å². The topological polar surface area (TPSA) is 51.0 Å². The van der Waals surface area contributed by atoms with Crippen molar-refractivity contribution < 1.29 is 4.79 Å². The number of fused-ring (bicyclic) bond motifs is 1. The summed E-state index contributed by atoms with van der Waals surface area (Å²) in [5.41, 5.74) is 3.06. The van der Waals surface area contributed by atoms with Crippen LogP contribution in [0.4, 0.5) is 0 Å². The van der Waals surface area contributed by atoms with Gasteiger partial charge in [0, 0.05) is 24.9 Å². The number of carbonyl (C=O) groups excluding carboxylic acids is 1. The monoisotopic (exact) mass is 388 g/mol. The molecule has 2 heterocycles. The second kappa shape index (κ2) is 8.19. The largest absolute Gasteiger partial charge is 0.335 e. The fraction of sp³-hybridized carbons (Fsp3) is 0.136. The van der Waals surface area contributed by atoms with Crippen molar-refractivity contribution in [2.45, 2.75) is 13.1 Å². The van der Waals surface area contributed by atoms with E-state index < -0.39 is 0 Å². The highest BCUT2D eigenvalue weighted by atomic mass is 32.1. The van der Waals surface area contributed by atoms with Crippen LogP contribution >= 0.6 is 11.3 Å². The maximum atomic E-state index is 12.4. The van der Waals surface area contributed by atoms with E-state index in [0.717, 1.165) is 20.8 Å². The molecule has 2 aromatic carbocycles. The van der Waals surface area contributed by atoms with Gasteiger partial charge in [0.2, 0.25) is 5.91 Å². The standard InChI is InChI=1S/C22H20N4OS/c1-25(16-21-24-19-9-5-6-10-20(19)28-21)22(27)12-11-18-13-23-26(15-18)14-17-7-3-2-4-8-17/h2-13,15H,14,16H2,1H3. The van der Waals surface area contributed by atoms with Crippen molar-refractivity contribution in [1.82, 2.24) is 19.7 Å². The minimum Gasteiger partial charge on any atom is -0.335 e. The van der Waals surface area contributed by atoms with Crippen LogP contribution in [0.5, 0.6) is 0 Å². The van der Waals surface area contributed by atoms with Crippen LogP contribution in [0.1, 0.15) is 16.1 Å². The smallest absolute Gasteiger partial charge is 0.246 e. The number of nitrogens with zero attached hydrogens (tertiary/aromatic N) is 4. The lowest BCUT2D eigenvalue weighted by atomic mass is 10.2. The zero-order valence-electron chi connectivity index (χ0n) is 15.5. The molecule has 0 unspecified atom stereocenters. The van der Waals surface area contributed by atoms with E-state index in [4.69, 9.17) is 0 Å². The molecule has 0 aliphatic rings. The number of likely N-dealkylation sites (N-methyl/N-ethyl adjacent to an activating group) is 1. The third-order valence-corrected chi connectivity index (χ3v) is 5.37. The molecule has 0 saturated heterocycles. The van der Waals surface area contributed by atoms with Gasteiger partial charge in [0.05, 0.1) is 29.5 Å². The maximum absolute atomic E-state index is 12.4. The predicted octanol–water partition coefficient (Wildman–Crippen LogP) is 4.21. The molecule has 0 spiro atoms. The molecule has 5 nitrogen and oxygen atoms in total. The number of thiazole rings is 1. The second-order valence-electron chi connectivity index (χ2n) is 6.56. The Labute approximate surface area is 167 Å². The van der Waals surface area contributed by atoms with Gasteiger partial charge in [-0.25, -0.2) is 4.98 Å². The molecule has 0 radical (unpaired) electrons. The van der Waals surface area contributed by atoms with Gasteiger partial charge >= 0.3 is 0 Å². The molecule has 0 bridgehead atoms. The number of hydrogen-bond acceptors (Lipinski definition) is 4. The van der Waals surface area contributed by atoms with Crippen LogP contribution in [0.3, 0.4) is 0 Å². The van der Waals surface area contributed by atoms with Crippen molar-refractivity contribution in [3.8, 4) is 0 Å². The number of rotatable bonds is 6. The van der Waals surface area contributed by atoms with Crippen molar-refractivity contribution in [1.29, 1.82) is 0 Å². The Hall–Kier alpha value is -3.25. The first-order valence-corrected chi connectivity index (χ1v) is 9.83. The molecule has 0 N–H and O–H groups in total. The molecule has 0 aliphatic carbocycles. The first-order chi connectivity index (χ1) is 13.7. The number of aromatic nitrogens is 3. The highest BCUT2D eigenvalue weighted by Crippen LogP contribution is 2.22. The SMILES string of the molecule is CN(Cc1nc2ccccc2s1)C(=O)C=Cc1cnn(Cc2ccccc2)c1. The summed E-state index contributed by atoms with van der Waals surface area (Å²) >= 11 is 1.62. The summed E-state index contributed by atoms with van der Waals surface area (Å²) in [6.07, 6.45) is 7.08. The summed E-state index contributed by atoms with van der Waals surface area (Å²) in [5, 5.41) is 5.29. The molecular weight excluding hydrogens is 368 g/mol. The van der Waals surface area contributed by atoms with Crippen molar-refractivity contribution in [3.63, 3.8) is 0 Å².